The van der Waals surface area contributed by atoms with E-state index in [0.717, 1.165) is 43.9 Å². The number of amides is 3. The van der Waals surface area contributed by atoms with E-state index in [-0.39, 0.29) is 95.6 Å². The van der Waals surface area contributed by atoms with Crippen LogP contribution in [0.15, 0.2) is 66.2 Å². The van der Waals surface area contributed by atoms with E-state index >= 15 is 8.78 Å². The molecule has 7 rings (SSSR count). The number of hydrogen-bond acceptors (Lipinski definition) is 12. The van der Waals surface area contributed by atoms with Gasteiger partial charge in [0.2, 0.25) is 17.7 Å². The fraction of sp³-hybridized carbons (Fsp3) is 0.500. The monoisotopic (exact) mass is 988 g/mol. The number of thiazole rings is 1. The Bertz CT molecular complexity index is 2540. The molecule has 0 saturated carbocycles. The van der Waals surface area contributed by atoms with Gasteiger partial charge in [-0.3, -0.25) is 19.3 Å². The van der Waals surface area contributed by atoms with Crippen molar-refractivity contribution in [3.05, 3.63) is 106 Å². The first-order valence-corrected chi connectivity index (χ1v) is 24.8. The molecule has 0 aliphatic carbocycles. The van der Waals surface area contributed by atoms with Crippen molar-refractivity contribution < 1.29 is 52.3 Å². The number of H-pyrrole nitrogens is 1. The molecule has 4 heterocycles. The summed E-state index contributed by atoms with van der Waals surface area (Å²) >= 11 is 1.56. The molecule has 1 saturated heterocycles. The maximum absolute atomic E-state index is 16.0. The number of nitrogens with one attached hydrogen (secondary N) is 3. The fourth-order valence-corrected chi connectivity index (χ4v) is 10.0. The molecular formula is C52H66F2N6O9S. The van der Waals surface area contributed by atoms with E-state index in [1.165, 1.54) is 17.0 Å². The number of aliphatic hydroxyl groups is 2. The van der Waals surface area contributed by atoms with Crippen LogP contribution in [0.5, 0.6) is 5.75 Å². The van der Waals surface area contributed by atoms with Crippen molar-refractivity contribution in [1.82, 2.24) is 30.4 Å². The summed E-state index contributed by atoms with van der Waals surface area (Å²) in [6.07, 6.45) is -0.120. The number of carbonyl (C=O) groups is 3. The molecule has 2 aliphatic rings. The number of likely N-dealkylation sites (tertiary alicyclic amines) is 1. The lowest BCUT2D eigenvalue weighted by atomic mass is 9.85. The van der Waals surface area contributed by atoms with Crippen molar-refractivity contribution in [2.45, 2.75) is 91.2 Å². The van der Waals surface area contributed by atoms with E-state index in [9.17, 15) is 24.6 Å². The number of nitrogens with zero attached hydrogens (tertiary/aromatic N) is 3. The molecule has 3 aromatic carbocycles. The highest BCUT2D eigenvalue weighted by molar-refractivity contribution is 7.13. The normalized spacial score (nSPS) is 19.3. The van der Waals surface area contributed by atoms with E-state index in [1.807, 2.05) is 90.1 Å². The molecule has 70 heavy (non-hydrogen) atoms. The number of halogens is 2. The minimum Gasteiger partial charge on any atom is -0.491 e. The molecule has 3 amide bonds. The van der Waals surface area contributed by atoms with Gasteiger partial charge in [-0.15, -0.1) is 11.3 Å². The zero-order valence-corrected chi connectivity index (χ0v) is 41.6. The van der Waals surface area contributed by atoms with Crippen LogP contribution in [0.1, 0.15) is 75.2 Å². The van der Waals surface area contributed by atoms with Crippen molar-refractivity contribution in [2.24, 2.45) is 11.3 Å². The number of fused-ring (bicyclic) bond motifs is 3. The van der Waals surface area contributed by atoms with Crippen molar-refractivity contribution in [1.29, 1.82) is 0 Å². The lowest BCUT2D eigenvalue weighted by molar-refractivity contribution is -0.144. The molecule has 0 spiro atoms. The minimum absolute atomic E-state index is 0.0347. The largest absolute Gasteiger partial charge is 0.491 e. The molecule has 1 fully saturated rings. The Kier molecular flexibility index (Phi) is 17.8. The van der Waals surface area contributed by atoms with Gasteiger partial charge in [-0.1, -0.05) is 70.2 Å². The number of para-hydroxylation sites is 1. The summed E-state index contributed by atoms with van der Waals surface area (Å²) in [5.41, 5.74) is 6.55. The topological polar surface area (TPSA) is 188 Å². The average Bonchev–Trinajstić information content (AvgIpc) is 4.05. The van der Waals surface area contributed by atoms with Gasteiger partial charge in [0.1, 0.15) is 42.7 Å². The molecule has 15 nitrogen and oxygen atoms in total. The van der Waals surface area contributed by atoms with E-state index in [4.69, 9.17) is 18.9 Å². The fourth-order valence-electron chi connectivity index (χ4n) is 9.23. The van der Waals surface area contributed by atoms with Gasteiger partial charge in [-0.25, -0.2) is 13.8 Å². The molecule has 5 aromatic rings. The van der Waals surface area contributed by atoms with Crippen LogP contribution >= 0.6 is 11.3 Å². The number of carbonyl (C=O) groups excluding carboxylic acids is 3. The number of aryl methyl sites for hydroxylation is 1. The van der Waals surface area contributed by atoms with Gasteiger partial charge in [0.15, 0.2) is 0 Å². The maximum atomic E-state index is 16.0. The van der Waals surface area contributed by atoms with Gasteiger partial charge in [0, 0.05) is 73.0 Å². The van der Waals surface area contributed by atoms with Crippen LogP contribution in [0.2, 0.25) is 0 Å². The smallest absolute Gasteiger partial charge is 0.246 e. The third kappa shape index (κ3) is 12.8. The second kappa shape index (κ2) is 23.7. The van der Waals surface area contributed by atoms with Gasteiger partial charge in [0.25, 0.3) is 0 Å². The molecule has 1 unspecified atom stereocenters. The number of rotatable bonds is 22. The molecular weight excluding hydrogens is 923 g/mol. The van der Waals surface area contributed by atoms with Crippen LogP contribution in [0.3, 0.4) is 0 Å². The number of β-amino-alcohol motifs (C(OH)–C–C–N with tert-alkyl or cyclic N) is 1. The third-order valence-electron chi connectivity index (χ3n) is 12.9. The number of benzene rings is 3. The van der Waals surface area contributed by atoms with Crippen LogP contribution in [-0.4, -0.2) is 138 Å². The van der Waals surface area contributed by atoms with Crippen LogP contribution in [0.4, 0.5) is 8.78 Å². The quantitative estimate of drug-likeness (QED) is 0.0506. The minimum atomic E-state index is -1.00. The second-order valence-corrected chi connectivity index (χ2v) is 20.2. The van der Waals surface area contributed by atoms with Crippen molar-refractivity contribution >= 4 is 40.0 Å². The van der Waals surface area contributed by atoms with Crippen LogP contribution in [-0.2, 0) is 41.6 Å². The molecule has 6 atom stereocenters. The zero-order valence-electron chi connectivity index (χ0n) is 40.8. The van der Waals surface area contributed by atoms with E-state index < -0.39 is 59.0 Å². The van der Waals surface area contributed by atoms with Gasteiger partial charge in [-0.05, 0) is 54.4 Å². The Labute approximate surface area is 411 Å². The summed E-state index contributed by atoms with van der Waals surface area (Å²) in [6.45, 7) is 12.4. The zero-order chi connectivity index (χ0) is 50.1. The van der Waals surface area contributed by atoms with Gasteiger partial charge in [0.05, 0.1) is 61.3 Å². The summed E-state index contributed by atoms with van der Waals surface area (Å²) in [6, 6.07) is 15.4. The number of aliphatic hydroxyl groups excluding tert-OH is 2. The van der Waals surface area contributed by atoms with E-state index in [0.29, 0.717) is 13.0 Å². The highest BCUT2D eigenvalue weighted by Crippen LogP contribution is 2.43. The number of aromatic nitrogens is 2. The highest BCUT2D eigenvalue weighted by atomic mass is 32.1. The molecule has 378 valence electrons. The number of aromatic amines is 1. The summed E-state index contributed by atoms with van der Waals surface area (Å²) in [7, 11) is 0. The second-order valence-electron chi connectivity index (χ2n) is 19.4. The highest BCUT2D eigenvalue weighted by Gasteiger charge is 2.45. The van der Waals surface area contributed by atoms with Crippen molar-refractivity contribution in [3.63, 3.8) is 0 Å². The Hall–Kier alpha value is -5.34. The molecule has 0 radical (unpaired) electrons. The first-order valence-electron chi connectivity index (χ1n) is 23.9. The lowest BCUT2D eigenvalue weighted by Gasteiger charge is -2.42. The molecule has 5 N–H and O–H groups in total. The Morgan fingerprint density at radius 2 is 1.64 bits per heavy atom. The molecule has 18 heteroatoms. The maximum Gasteiger partial charge on any atom is 0.246 e. The SMILES string of the molecule is Cc1ncsc1-c1ccc(CNC(=O)[C@@H]2C[C@@H](O)CN2C(=O)[C@@H](NC(=O)COCCOCCOCCOc2cc(F)c(C3c4[nH]c5ccccc5c4C[C@@H](C)N3C[C@H](C)CO)c(F)c2)C(C)(C)C)cc1. The Balaban J connectivity index is 0.807. The predicted molar refractivity (Wildman–Crippen MR) is 262 cm³/mol. The first-order chi connectivity index (χ1) is 33.5. The van der Waals surface area contributed by atoms with E-state index in [2.05, 4.69) is 25.5 Å². The predicted octanol–water partition coefficient (Wildman–Crippen LogP) is 6.08. The summed E-state index contributed by atoms with van der Waals surface area (Å²) in [4.78, 5) is 52.6. The van der Waals surface area contributed by atoms with Gasteiger partial charge < -0.3 is 49.7 Å². The first kappa shape index (κ1) is 52.5. The summed E-state index contributed by atoms with van der Waals surface area (Å²) in [5.74, 6) is -2.92. The molecule has 2 aromatic heterocycles. The molecule has 0 bridgehead atoms. The van der Waals surface area contributed by atoms with Crippen LogP contribution in [0, 0.1) is 29.9 Å². The lowest BCUT2D eigenvalue weighted by Crippen LogP contribution is -2.58. The number of hydrogen-bond donors (Lipinski definition) is 5. The van der Waals surface area contributed by atoms with Crippen molar-refractivity contribution in [3.8, 4) is 16.2 Å². The van der Waals surface area contributed by atoms with Crippen LogP contribution in [0.25, 0.3) is 21.3 Å². The van der Waals surface area contributed by atoms with Crippen LogP contribution < -0.4 is 15.4 Å². The average molecular weight is 989 g/mol. The summed E-state index contributed by atoms with van der Waals surface area (Å²) in [5, 5.41) is 27.1. The Morgan fingerprint density at radius 1 is 0.971 bits per heavy atom. The van der Waals surface area contributed by atoms with Gasteiger partial charge >= 0.3 is 0 Å². The Morgan fingerprint density at radius 3 is 2.30 bits per heavy atom. The van der Waals surface area contributed by atoms with E-state index in [1.54, 1.807) is 16.8 Å². The number of ether oxygens (including phenoxy) is 4. The van der Waals surface area contributed by atoms with Gasteiger partial charge in [-0.2, -0.15) is 0 Å². The third-order valence-corrected chi connectivity index (χ3v) is 13.8. The standard InChI is InChI=1S/C52H66F2N6O9S/c1-31(28-61)26-59-32(2)21-39-38-9-7-8-10-42(38)57-46(39)47(59)45-40(53)23-37(24-41(45)54)69-20-19-67-16-15-66-17-18-68-29-44(63)58-49(52(4,5)6)51(65)60-27-36(62)22-43(60)50(64)55-25-34-11-13-35(14-12-34)48-33(3)56-30-70-48/h7-14,23-24,30-32,36,43,47,49,57,61-62H,15-22,25-29H2,1-6H3,(H,55,64)(H,58,63)/t31-,32+,36+,43-,47?,49+/m0/s1. The van der Waals surface area contributed by atoms with Crippen molar-refractivity contribution in [2.75, 3.05) is 65.9 Å². The summed E-state index contributed by atoms with van der Waals surface area (Å²) < 4.78 is 54.4. The molecule has 2 aliphatic heterocycles.